The van der Waals surface area contributed by atoms with E-state index in [0.717, 1.165) is 24.0 Å². The summed E-state index contributed by atoms with van der Waals surface area (Å²) < 4.78 is 12.1. The molecule has 190 valence electrons. The van der Waals surface area contributed by atoms with E-state index in [4.69, 9.17) is 9.15 Å². The number of rotatable bonds is 4. The van der Waals surface area contributed by atoms with E-state index in [-0.39, 0.29) is 35.3 Å². The van der Waals surface area contributed by atoms with Gasteiger partial charge in [0, 0.05) is 18.7 Å². The maximum absolute atomic E-state index is 14.7. The zero-order chi connectivity index (χ0) is 26.0. The maximum atomic E-state index is 14.7. The fraction of sp³-hybridized carbons (Fsp3) is 0.258. The van der Waals surface area contributed by atoms with E-state index in [1.165, 1.54) is 4.90 Å². The largest absolute Gasteiger partial charge is 0.450 e. The monoisotopic (exact) mass is 506 g/mol. The van der Waals surface area contributed by atoms with Gasteiger partial charge in [-0.15, -0.1) is 0 Å². The lowest BCUT2D eigenvalue weighted by Crippen LogP contribution is -2.55. The Labute approximate surface area is 219 Å². The average molecular weight is 507 g/mol. The quantitative estimate of drug-likeness (QED) is 0.407. The molecule has 1 aromatic heterocycles. The van der Waals surface area contributed by atoms with E-state index >= 15 is 0 Å². The Bertz CT molecular complexity index is 1670. The fourth-order valence-electron chi connectivity index (χ4n) is 6.27. The minimum absolute atomic E-state index is 0.0611. The van der Waals surface area contributed by atoms with Crippen LogP contribution in [0.4, 0.5) is 5.69 Å². The van der Waals surface area contributed by atoms with Gasteiger partial charge in [0.2, 0.25) is 5.76 Å². The van der Waals surface area contributed by atoms with Gasteiger partial charge in [0.1, 0.15) is 5.58 Å². The molecule has 4 heterocycles. The first-order chi connectivity index (χ1) is 18.5. The predicted molar refractivity (Wildman–Crippen MR) is 142 cm³/mol. The number of benzene rings is 3. The number of carbonyl (C=O) groups excluding carboxylic acids is 2. The van der Waals surface area contributed by atoms with Gasteiger partial charge in [-0.2, -0.15) is 0 Å². The van der Waals surface area contributed by atoms with Gasteiger partial charge in [-0.1, -0.05) is 60.2 Å². The molecule has 4 aromatic rings. The van der Waals surface area contributed by atoms with Gasteiger partial charge in [0.05, 0.1) is 29.3 Å². The number of nitrogens with zero attached hydrogens (tertiary/aromatic N) is 2. The third-order valence-corrected chi connectivity index (χ3v) is 7.98. The minimum Gasteiger partial charge on any atom is -0.450 e. The van der Waals surface area contributed by atoms with Crippen molar-refractivity contribution in [1.82, 2.24) is 4.90 Å². The molecule has 3 aliphatic rings. The highest BCUT2D eigenvalue weighted by molar-refractivity contribution is 6.17. The Morgan fingerprint density at radius 3 is 2.55 bits per heavy atom. The summed E-state index contributed by atoms with van der Waals surface area (Å²) in [7, 11) is 0. The van der Waals surface area contributed by atoms with Crippen LogP contribution in [-0.4, -0.2) is 36.0 Å². The lowest BCUT2D eigenvalue weighted by molar-refractivity contribution is -0.126. The van der Waals surface area contributed by atoms with E-state index in [1.54, 1.807) is 17.0 Å². The summed E-state index contributed by atoms with van der Waals surface area (Å²) >= 11 is 0. The summed E-state index contributed by atoms with van der Waals surface area (Å²) in [5.41, 5.74) is 1.61. The highest BCUT2D eigenvalue weighted by atomic mass is 16.5. The number of fused-ring (bicyclic) bond motifs is 5. The van der Waals surface area contributed by atoms with E-state index in [1.807, 2.05) is 67.6 Å². The van der Waals surface area contributed by atoms with Crippen molar-refractivity contribution in [1.29, 1.82) is 0 Å². The Balaban J connectivity index is 1.51. The minimum atomic E-state index is -1.62. The van der Waals surface area contributed by atoms with Crippen molar-refractivity contribution in [2.45, 2.75) is 38.0 Å². The molecule has 2 amide bonds. The van der Waals surface area contributed by atoms with Crippen molar-refractivity contribution in [3.05, 3.63) is 111 Å². The van der Waals surface area contributed by atoms with Crippen molar-refractivity contribution in [2.24, 2.45) is 0 Å². The van der Waals surface area contributed by atoms with Crippen molar-refractivity contribution < 1.29 is 18.7 Å². The van der Waals surface area contributed by atoms with Crippen LogP contribution >= 0.6 is 0 Å². The van der Waals surface area contributed by atoms with Crippen molar-refractivity contribution in [2.75, 3.05) is 18.1 Å². The van der Waals surface area contributed by atoms with Crippen LogP contribution in [0.1, 0.15) is 45.7 Å². The normalized spacial score (nSPS) is 22.1. The molecule has 38 heavy (non-hydrogen) atoms. The number of hydrogen-bond acceptors (Lipinski definition) is 5. The molecule has 0 bridgehead atoms. The summed E-state index contributed by atoms with van der Waals surface area (Å²) in [5, 5.41) is 0.363. The summed E-state index contributed by atoms with van der Waals surface area (Å²) in [6.45, 7) is 3.01. The Kier molecular flexibility index (Phi) is 5.07. The summed E-state index contributed by atoms with van der Waals surface area (Å²) in [4.78, 5) is 46.3. The number of ether oxygens (including phenoxy) is 1. The first kappa shape index (κ1) is 22.9. The van der Waals surface area contributed by atoms with Gasteiger partial charge >= 0.3 is 0 Å². The van der Waals surface area contributed by atoms with Crippen LogP contribution < -0.4 is 10.3 Å². The third-order valence-electron chi connectivity index (χ3n) is 7.98. The smallest absolute Gasteiger partial charge is 0.291 e. The van der Waals surface area contributed by atoms with E-state index in [0.29, 0.717) is 35.4 Å². The molecule has 3 aromatic carbocycles. The molecular formula is C31H26N2O5. The van der Waals surface area contributed by atoms with Crippen molar-refractivity contribution in [3.8, 4) is 0 Å². The summed E-state index contributed by atoms with van der Waals surface area (Å²) in [6.07, 6.45) is 1.44. The molecule has 1 fully saturated rings. The second-order valence-electron chi connectivity index (χ2n) is 10.3. The molecule has 7 nitrogen and oxygen atoms in total. The molecule has 2 atom stereocenters. The topological polar surface area (TPSA) is 80.1 Å². The predicted octanol–water partition coefficient (Wildman–Crippen LogP) is 4.53. The van der Waals surface area contributed by atoms with Crippen LogP contribution in [0.5, 0.6) is 0 Å². The Hall–Kier alpha value is -4.23. The Morgan fingerprint density at radius 1 is 0.974 bits per heavy atom. The zero-order valence-electron chi connectivity index (χ0n) is 21.0. The summed E-state index contributed by atoms with van der Waals surface area (Å²) in [5.74, 6) is -0.846. The van der Waals surface area contributed by atoms with Gasteiger partial charge in [-0.3, -0.25) is 14.4 Å². The average Bonchev–Trinajstić information content (AvgIpc) is 3.60. The van der Waals surface area contributed by atoms with Crippen LogP contribution in [-0.2, 0) is 21.6 Å². The molecule has 3 aliphatic heterocycles. The van der Waals surface area contributed by atoms with Gasteiger partial charge < -0.3 is 19.0 Å². The maximum Gasteiger partial charge on any atom is 0.291 e. The molecule has 2 unspecified atom stereocenters. The molecule has 1 saturated heterocycles. The molecule has 0 saturated carbocycles. The van der Waals surface area contributed by atoms with Gasteiger partial charge in [-0.25, -0.2) is 0 Å². The molecule has 1 spiro atoms. The third kappa shape index (κ3) is 3.08. The van der Waals surface area contributed by atoms with E-state index < -0.39 is 11.4 Å². The molecule has 0 aliphatic carbocycles. The number of anilines is 1. The van der Waals surface area contributed by atoms with Crippen molar-refractivity contribution >= 4 is 28.5 Å². The number of carbonyl (C=O) groups is 2. The number of aryl methyl sites for hydroxylation is 1. The van der Waals surface area contributed by atoms with E-state index in [2.05, 4.69) is 0 Å². The van der Waals surface area contributed by atoms with Gasteiger partial charge in [0.25, 0.3) is 11.8 Å². The van der Waals surface area contributed by atoms with Crippen LogP contribution in [0.2, 0.25) is 0 Å². The molecular weight excluding hydrogens is 480 g/mol. The summed E-state index contributed by atoms with van der Waals surface area (Å²) in [6, 6.07) is 22.5. The van der Waals surface area contributed by atoms with E-state index in [9.17, 15) is 14.4 Å². The molecule has 7 rings (SSSR count). The van der Waals surface area contributed by atoms with Gasteiger partial charge in [-0.05, 0) is 43.5 Å². The number of hydrogen-bond donors (Lipinski definition) is 0. The highest BCUT2D eigenvalue weighted by Crippen LogP contribution is 2.53. The van der Waals surface area contributed by atoms with Crippen LogP contribution in [0.3, 0.4) is 0 Å². The van der Waals surface area contributed by atoms with Gasteiger partial charge in [0.15, 0.2) is 11.0 Å². The second-order valence-corrected chi connectivity index (χ2v) is 10.3. The van der Waals surface area contributed by atoms with Crippen LogP contribution in [0.25, 0.3) is 11.0 Å². The fourth-order valence-corrected chi connectivity index (χ4v) is 6.27. The Morgan fingerprint density at radius 2 is 1.76 bits per heavy atom. The molecule has 0 radical (unpaired) electrons. The number of para-hydroxylation sites is 1. The SMILES string of the molecule is Cc1ccc2oc3c(c(=O)c2c1)C1(C(=O)N(Cc2ccccc2)c2ccccc21)N(CC1CCCO1)C3=O. The first-order valence-electron chi connectivity index (χ1n) is 13.0. The lowest BCUT2D eigenvalue weighted by Gasteiger charge is -2.35. The van der Waals surface area contributed by atoms with Crippen molar-refractivity contribution in [3.63, 3.8) is 0 Å². The molecule has 0 N–H and O–H groups in total. The first-order valence-corrected chi connectivity index (χ1v) is 13.0. The molecule has 7 heteroatoms. The lowest BCUT2D eigenvalue weighted by atomic mass is 9.83. The number of amides is 2. The standard InChI is InChI=1S/C31H26N2O5/c1-19-13-14-25-22(16-19)27(34)26-28(38-25)29(35)33(18-21-10-7-15-37-21)31(26)23-11-5-6-12-24(23)32(30(31)36)17-20-8-3-2-4-9-20/h2-6,8-9,11-14,16,21H,7,10,15,17-18H2,1H3. The van der Waals surface area contributed by atoms with Crippen LogP contribution in [0.15, 0.2) is 82.0 Å². The van der Waals surface area contributed by atoms with Crippen LogP contribution in [0, 0.1) is 6.92 Å². The second kappa shape index (κ2) is 8.39. The zero-order valence-corrected chi connectivity index (χ0v) is 21.0. The highest BCUT2D eigenvalue weighted by Gasteiger charge is 2.65.